The first-order valence-corrected chi connectivity index (χ1v) is 10.7. The molecule has 1 aliphatic heterocycles. The Hall–Kier alpha value is -1.93. The molecule has 1 saturated heterocycles. The highest BCUT2D eigenvalue weighted by atomic mass is 32.2. The molecule has 1 atom stereocenters. The fraction of sp³-hybridized carbons (Fsp3) is 0.412. The summed E-state index contributed by atoms with van der Waals surface area (Å²) in [4.78, 5) is 18.1. The summed E-state index contributed by atoms with van der Waals surface area (Å²) in [5.41, 5.74) is 1.99. The molecule has 0 bridgehead atoms. The molecule has 2 aromatic rings. The average molecular weight is 380 g/mol. The SMILES string of the molecule is Cc1csc(-c2ccc(OCC(=O)N(C)[C@@H]3CCS(=O)(=O)C3)cc2)n1. The van der Waals surface area contributed by atoms with Crippen LogP contribution in [0.1, 0.15) is 12.1 Å². The monoisotopic (exact) mass is 380 g/mol. The van der Waals surface area contributed by atoms with Gasteiger partial charge in [0.15, 0.2) is 16.4 Å². The van der Waals surface area contributed by atoms with Crippen molar-refractivity contribution in [1.82, 2.24) is 9.88 Å². The number of aryl methyl sites for hydroxylation is 1. The minimum Gasteiger partial charge on any atom is -0.484 e. The highest BCUT2D eigenvalue weighted by molar-refractivity contribution is 7.91. The second kappa shape index (κ2) is 7.13. The lowest BCUT2D eigenvalue weighted by Gasteiger charge is -2.23. The quantitative estimate of drug-likeness (QED) is 0.794. The van der Waals surface area contributed by atoms with Gasteiger partial charge in [-0.15, -0.1) is 11.3 Å². The van der Waals surface area contributed by atoms with Crippen molar-refractivity contribution in [3.63, 3.8) is 0 Å². The van der Waals surface area contributed by atoms with Crippen LogP contribution in [0.4, 0.5) is 0 Å². The van der Waals surface area contributed by atoms with E-state index in [1.165, 1.54) is 4.90 Å². The maximum atomic E-state index is 12.2. The smallest absolute Gasteiger partial charge is 0.260 e. The largest absolute Gasteiger partial charge is 0.484 e. The number of thiazole rings is 1. The lowest BCUT2D eigenvalue weighted by Crippen LogP contribution is -2.40. The number of ether oxygens (including phenoxy) is 1. The van der Waals surface area contributed by atoms with Gasteiger partial charge in [0.25, 0.3) is 5.91 Å². The van der Waals surface area contributed by atoms with Crippen LogP contribution in [0.2, 0.25) is 0 Å². The number of rotatable bonds is 5. The van der Waals surface area contributed by atoms with Crippen LogP contribution in [0, 0.1) is 6.92 Å². The van der Waals surface area contributed by atoms with Crippen molar-refractivity contribution in [3.05, 3.63) is 35.3 Å². The maximum absolute atomic E-state index is 12.2. The van der Waals surface area contributed by atoms with Gasteiger partial charge >= 0.3 is 0 Å². The summed E-state index contributed by atoms with van der Waals surface area (Å²) in [5.74, 6) is 0.560. The molecule has 25 heavy (non-hydrogen) atoms. The normalized spacial score (nSPS) is 18.9. The van der Waals surface area contributed by atoms with Crippen LogP contribution in [0.5, 0.6) is 5.75 Å². The van der Waals surface area contributed by atoms with Gasteiger partial charge in [-0.3, -0.25) is 4.79 Å². The van der Waals surface area contributed by atoms with E-state index in [0.29, 0.717) is 12.2 Å². The molecule has 6 nitrogen and oxygen atoms in total. The minimum absolute atomic E-state index is 0.0389. The Labute approximate surface area is 151 Å². The zero-order valence-corrected chi connectivity index (χ0v) is 15.8. The Morgan fingerprint density at radius 3 is 2.64 bits per heavy atom. The van der Waals surface area contributed by atoms with E-state index in [2.05, 4.69) is 4.98 Å². The van der Waals surface area contributed by atoms with Crippen molar-refractivity contribution in [2.45, 2.75) is 19.4 Å². The maximum Gasteiger partial charge on any atom is 0.260 e. The Balaban J connectivity index is 1.55. The second-order valence-corrected chi connectivity index (χ2v) is 9.26. The second-order valence-electron chi connectivity index (χ2n) is 6.17. The van der Waals surface area contributed by atoms with E-state index in [1.54, 1.807) is 30.5 Å². The molecule has 0 saturated carbocycles. The first-order chi connectivity index (χ1) is 11.8. The third kappa shape index (κ3) is 4.38. The van der Waals surface area contributed by atoms with Gasteiger partial charge in [-0.25, -0.2) is 13.4 Å². The third-order valence-corrected chi connectivity index (χ3v) is 6.99. The van der Waals surface area contributed by atoms with Crippen molar-refractivity contribution in [2.75, 3.05) is 25.2 Å². The van der Waals surface area contributed by atoms with E-state index in [9.17, 15) is 13.2 Å². The van der Waals surface area contributed by atoms with Crippen LogP contribution in [-0.4, -0.2) is 55.4 Å². The van der Waals surface area contributed by atoms with Crippen molar-refractivity contribution < 1.29 is 17.9 Å². The van der Waals surface area contributed by atoms with Crippen molar-refractivity contribution in [2.24, 2.45) is 0 Å². The van der Waals surface area contributed by atoms with E-state index in [0.717, 1.165) is 16.3 Å². The number of hydrogen-bond donors (Lipinski definition) is 0. The molecule has 0 spiro atoms. The van der Waals surface area contributed by atoms with Crippen molar-refractivity contribution in [1.29, 1.82) is 0 Å². The molecular formula is C17H20N2O4S2. The van der Waals surface area contributed by atoms with Gasteiger partial charge in [0.2, 0.25) is 0 Å². The highest BCUT2D eigenvalue weighted by Gasteiger charge is 2.32. The average Bonchev–Trinajstić information content (AvgIpc) is 3.18. The number of carbonyl (C=O) groups excluding carboxylic acids is 1. The van der Waals surface area contributed by atoms with Gasteiger partial charge in [-0.1, -0.05) is 0 Å². The number of carbonyl (C=O) groups is 1. The van der Waals surface area contributed by atoms with Gasteiger partial charge in [0.1, 0.15) is 10.8 Å². The molecule has 0 unspecified atom stereocenters. The Bertz CT molecular complexity index is 859. The van der Waals surface area contributed by atoms with E-state index < -0.39 is 9.84 Å². The standard InChI is InChI=1S/C17H20N2O4S2/c1-12-10-24-17(18-12)13-3-5-15(6-4-13)23-9-16(20)19(2)14-7-8-25(21,22)11-14/h3-6,10,14H,7-9,11H2,1-2H3/t14-/m1/s1. The molecule has 8 heteroatoms. The zero-order valence-electron chi connectivity index (χ0n) is 14.1. The van der Waals surface area contributed by atoms with Crippen LogP contribution in [0.3, 0.4) is 0 Å². The topological polar surface area (TPSA) is 76.6 Å². The van der Waals surface area contributed by atoms with Crippen LogP contribution >= 0.6 is 11.3 Å². The van der Waals surface area contributed by atoms with Gasteiger partial charge in [-0.05, 0) is 37.6 Å². The van der Waals surface area contributed by atoms with Crippen LogP contribution in [0.15, 0.2) is 29.6 Å². The summed E-state index contributed by atoms with van der Waals surface area (Å²) in [6.45, 7) is 1.85. The lowest BCUT2D eigenvalue weighted by atomic mass is 10.2. The first-order valence-electron chi connectivity index (χ1n) is 7.95. The summed E-state index contributed by atoms with van der Waals surface area (Å²) in [7, 11) is -1.38. The summed E-state index contributed by atoms with van der Waals surface area (Å²) in [5, 5.41) is 2.94. The number of nitrogens with zero attached hydrogens (tertiary/aromatic N) is 2. The highest BCUT2D eigenvalue weighted by Crippen LogP contribution is 2.25. The number of benzene rings is 1. The summed E-state index contributed by atoms with van der Waals surface area (Å²) in [6, 6.07) is 7.17. The lowest BCUT2D eigenvalue weighted by molar-refractivity contribution is -0.133. The summed E-state index contributed by atoms with van der Waals surface area (Å²) in [6.07, 6.45) is 0.493. The van der Waals surface area contributed by atoms with Gasteiger partial charge in [0, 0.05) is 29.7 Å². The first kappa shape index (κ1) is 17.9. The Kier molecular flexibility index (Phi) is 5.10. The van der Waals surface area contributed by atoms with Gasteiger partial charge in [-0.2, -0.15) is 0 Å². The number of likely N-dealkylation sites (N-methyl/N-ethyl adjacent to an activating group) is 1. The fourth-order valence-electron chi connectivity index (χ4n) is 2.71. The predicted molar refractivity (Wildman–Crippen MR) is 97.6 cm³/mol. The molecule has 0 N–H and O–H groups in total. The zero-order chi connectivity index (χ0) is 18.0. The van der Waals surface area contributed by atoms with E-state index in [1.807, 2.05) is 24.4 Å². The van der Waals surface area contributed by atoms with E-state index in [4.69, 9.17) is 4.74 Å². The molecule has 0 aliphatic carbocycles. The molecule has 0 radical (unpaired) electrons. The fourth-order valence-corrected chi connectivity index (χ4v) is 5.29. The molecule has 1 aromatic heterocycles. The molecule has 1 fully saturated rings. The van der Waals surface area contributed by atoms with Gasteiger partial charge < -0.3 is 9.64 Å². The number of amides is 1. The van der Waals surface area contributed by atoms with Gasteiger partial charge in [0.05, 0.1) is 11.5 Å². The van der Waals surface area contributed by atoms with Crippen molar-refractivity contribution in [3.8, 4) is 16.3 Å². The molecule has 1 amide bonds. The van der Waals surface area contributed by atoms with E-state index >= 15 is 0 Å². The molecule has 3 rings (SSSR count). The number of hydrogen-bond acceptors (Lipinski definition) is 6. The summed E-state index contributed by atoms with van der Waals surface area (Å²) < 4.78 is 28.6. The third-order valence-electron chi connectivity index (χ3n) is 4.23. The van der Waals surface area contributed by atoms with Crippen LogP contribution in [0.25, 0.3) is 10.6 Å². The molecular weight excluding hydrogens is 360 g/mol. The number of aromatic nitrogens is 1. The minimum atomic E-state index is -3.01. The molecule has 134 valence electrons. The van der Waals surface area contributed by atoms with E-state index in [-0.39, 0.29) is 30.1 Å². The Morgan fingerprint density at radius 1 is 1.36 bits per heavy atom. The number of sulfone groups is 1. The van der Waals surface area contributed by atoms with Crippen LogP contribution in [-0.2, 0) is 14.6 Å². The van der Waals surface area contributed by atoms with Crippen molar-refractivity contribution >= 4 is 27.1 Å². The molecule has 2 heterocycles. The molecule has 1 aromatic carbocycles. The summed E-state index contributed by atoms with van der Waals surface area (Å²) >= 11 is 1.58. The Morgan fingerprint density at radius 2 is 2.08 bits per heavy atom. The predicted octanol–water partition coefficient (Wildman–Crippen LogP) is 2.14. The van der Waals surface area contributed by atoms with Crippen LogP contribution < -0.4 is 4.74 Å². The molecule has 1 aliphatic rings.